The normalized spacial score (nSPS) is 13.9. The van der Waals surface area contributed by atoms with E-state index in [9.17, 15) is 57.5 Å². The molecule has 40 nitrogen and oxygen atoms in total. The van der Waals surface area contributed by atoms with E-state index in [2.05, 4.69) is 66.9 Å². The number of hydrogen-bond acceptors (Lipinski definition) is 20. The van der Waals surface area contributed by atoms with Gasteiger partial charge in [-0.2, -0.15) is 0 Å². The van der Waals surface area contributed by atoms with Gasteiger partial charge >= 0.3 is 7.60 Å². The SMILES string of the molecule is CNC(=O)[C@@H](CC(=O)[C@H](CCCCN)NC(=O)[C@H](C)CC(=O)[C@H](CCCN=C(N)N)NC(=O)[C@H](CCCN=C(N)N)CC(=O)[C@H](CCCN=C(N)N)NC(=O)[C@H](CCCN=C(N)N)CC(=O)[C@H](CCCN=C(N)N)NC(=O)[C@@H](N)CCCN=C(N)N)Cc1cn(CCP(=O)(O)O)nn1. The van der Waals surface area contributed by atoms with E-state index in [1.165, 1.54) is 24.9 Å². The molecule has 0 aromatic carbocycles. The molecular weight excluding hydrogens is 1300 g/mol. The fourth-order valence-electron chi connectivity index (χ4n) is 10.0. The Morgan fingerprint density at radius 1 is 0.469 bits per heavy atom. The van der Waals surface area contributed by atoms with Crippen LogP contribution >= 0.6 is 7.60 Å². The first-order valence-electron chi connectivity index (χ1n) is 32.4. The predicted molar refractivity (Wildman–Crippen MR) is 371 cm³/mol. The molecule has 0 fully saturated rings. The average Bonchev–Trinajstić information content (AvgIpc) is 1.59. The number of aromatic nitrogens is 3. The van der Waals surface area contributed by atoms with Gasteiger partial charge in [0, 0.05) is 102 Å². The van der Waals surface area contributed by atoms with Crippen molar-refractivity contribution in [3.8, 4) is 0 Å². The summed E-state index contributed by atoms with van der Waals surface area (Å²) in [5.41, 5.74) is 78.9. The van der Waals surface area contributed by atoms with E-state index in [0.29, 0.717) is 19.3 Å². The van der Waals surface area contributed by atoms with Crippen LogP contribution in [0.1, 0.15) is 135 Å². The molecule has 0 aliphatic carbocycles. The van der Waals surface area contributed by atoms with Gasteiger partial charge in [-0.25, -0.2) is 0 Å². The van der Waals surface area contributed by atoms with Crippen molar-refractivity contribution in [2.75, 3.05) is 59.0 Å². The second kappa shape index (κ2) is 47.7. The number of amides is 5. The molecule has 0 aliphatic heterocycles. The molecule has 5 amide bonds. The lowest BCUT2D eigenvalue weighted by molar-refractivity contribution is -0.136. The van der Waals surface area contributed by atoms with Crippen LogP contribution in [-0.4, -0.2) is 202 Å². The number of aryl methyl sites for hydroxylation is 1. The topological polar surface area (TPSA) is 740 Å². The highest BCUT2D eigenvalue weighted by atomic mass is 31.2. The number of guanidine groups is 6. The van der Waals surface area contributed by atoms with Gasteiger partial charge in [-0.15, -0.1) is 5.10 Å². The number of carbonyl (C=O) groups excluding carboxylic acids is 9. The van der Waals surface area contributed by atoms with Gasteiger partial charge < -0.3 is 117 Å². The molecule has 0 bridgehead atoms. The van der Waals surface area contributed by atoms with Crippen molar-refractivity contribution in [2.24, 2.45) is 134 Å². The molecule has 0 radical (unpaired) electrons. The number of carbonyl (C=O) groups is 9. The van der Waals surface area contributed by atoms with Crippen molar-refractivity contribution in [2.45, 2.75) is 172 Å². The maximum Gasteiger partial charge on any atom is 0.327 e. The first kappa shape index (κ1) is 86.9. The minimum Gasteiger partial charge on any atom is -0.370 e. The fourth-order valence-corrected chi connectivity index (χ4v) is 10.5. The number of Topliss-reactive ketones (excluding diaryl/α,β-unsaturated/α-hetero) is 4. The summed E-state index contributed by atoms with van der Waals surface area (Å²) < 4.78 is 12.6. The van der Waals surface area contributed by atoms with Crippen LogP contribution in [0.25, 0.3) is 0 Å². The van der Waals surface area contributed by atoms with E-state index >= 15 is 0 Å². The number of nitrogens with zero attached hydrogens (tertiary/aromatic N) is 9. The minimum absolute atomic E-state index is 0.00656. The van der Waals surface area contributed by atoms with Crippen LogP contribution in [0.4, 0.5) is 0 Å². The summed E-state index contributed by atoms with van der Waals surface area (Å²) in [5.74, 6) is -11.7. The maximum atomic E-state index is 14.8. The Balaban J connectivity index is 3.76. The lowest BCUT2D eigenvalue weighted by atomic mass is 9.89. The number of rotatable bonds is 54. The van der Waals surface area contributed by atoms with Gasteiger partial charge in [0.15, 0.2) is 58.9 Å². The van der Waals surface area contributed by atoms with Gasteiger partial charge in [0.25, 0.3) is 0 Å². The Bertz CT molecular complexity index is 2930. The van der Waals surface area contributed by atoms with E-state index < -0.39 is 140 Å². The molecule has 98 heavy (non-hydrogen) atoms. The standard InChI is InChI=1S/C57H109N28O12P/c1-33(47(90)79-39(14-3-4-18-58)46(89)31-36(48(91)72-2)28-37-32-85(84-83-37)25-26-98(95,96)97)27-43(86)40(15-8-22-76-55(66)67)80-49(92)34(11-5-19-73-52(60)61)29-44(87)41(16-9-23-77-56(68)69)81-50(93)35(12-6-20-74-53(62)63)30-45(88)42(17-10-24-78-57(70)71)82-51(94)38(59)13-7-21-75-54(64)65/h32-36,38-42H,3-31,58-59H2,1-2H3,(H,72,91)(H,79,90)(H,80,92)(H,81,93)(H,82,94)(H4,60,61,73)(H4,62,63,74)(H4,64,65,75)(H4,66,67,76)(H4,68,69,77)(H4,70,71,78)(H2,95,96,97)/t33-,34-,35-,36-,38+,39+,40+,41+,42+/m1/s1. The van der Waals surface area contributed by atoms with E-state index in [-0.39, 0.29) is 184 Å². The molecular formula is C57H109N28O12P. The third-order valence-electron chi connectivity index (χ3n) is 15.2. The summed E-state index contributed by atoms with van der Waals surface area (Å²) >= 11 is 0. The van der Waals surface area contributed by atoms with E-state index in [1.807, 2.05) is 0 Å². The van der Waals surface area contributed by atoms with Gasteiger partial charge in [-0.05, 0) is 103 Å². The van der Waals surface area contributed by atoms with Crippen LogP contribution in [0.5, 0.6) is 0 Å². The van der Waals surface area contributed by atoms with Gasteiger partial charge in [-0.1, -0.05) is 12.1 Å². The molecule has 1 heterocycles. The van der Waals surface area contributed by atoms with Crippen molar-refractivity contribution in [3.05, 3.63) is 11.9 Å². The molecule has 1 aromatic rings. The molecule has 0 saturated carbocycles. The van der Waals surface area contributed by atoms with Crippen molar-refractivity contribution < 1.29 is 57.5 Å². The number of ketones is 4. The van der Waals surface area contributed by atoms with Crippen LogP contribution < -0.4 is 107 Å². The Morgan fingerprint density at radius 2 is 0.806 bits per heavy atom. The Morgan fingerprint density at radius 3 is 1.17 bits per heavy atom. The first-order valence-corrected chi connectivity index (χ1v) is 34.2. The zero-order chi connectivity index (χ0) is 73.9. The highest BCUT2D eigenvalue weighted by molar-refractivity contribution is 7.51. The van der Waals surface area contributed by atoms with E-state index in [4.69, 9.17) is 80.3 Å². The van der Waals surface area contributed by atoms with E-state index in [0.717, 1.165) is 0 Å². The summed E-state index contributed by atoms with van der Waals surface area (Å²) in [6.45, 7) is 1.90. The molecule has 1 rings (SSSR count). The smallest absolute Gasteiger partial charge is 0.327 e. The second-order valence-electron chi connectivity index (χ2n) is 23.7. The molecule has 0 saturated heterocycles. The molecule has 1 aromatic heterocycles. The third-order valence-corrected chi connectivity index (χ3v) is 16.0. The maximum absolute atomic E-state index is 14.8. The van der Waals surface area contributed by atoms with Crippen LogP contribution in [0.15, 0.2) is 36.2 Å². The minimum atomic E-state index is -4.36. The number of hydrogen-bond donors (Lipinski definition) is 21. The predicted octanol–water partition coefficient (Wildman–Crippen LogP) is -7.22. The lowest BCUT2D eigenvalue weighted by Crippen LogP contribution is -2.50. The van der Waals surface area contributed by atoms with Gasteiger partial charge in [0.05, 0.1) is 54.5 Å². The van der Waals surface area contributed by atoms with Gasteiger partial charge in [0.2, 0.25) is 29.5 Å². The van der Waals surface area contributed by atoms with E-state index in [1.54, 1.807) is 0 Å². The summed E-state index contributed by atoms with van der Waals surface area (Å²) in [6.07, 6.45) is 0.978. The number of unbranched alkanes of at least 4 members (excludes halogenated alkanes) is 1. The van der Waals surface area contributed by atoms with Gasteiger partial charge in [-0.3, -0.25) is 82.4 Å². The summed E-state index contributed by atoms with van der Waals surface area (Å²) in [7, 11) is -2.99. The van der Waals surface area contributed by atoms with Crippen molar-refractivity contribution >= 4 is 96.0 Å². The van der Waals surface area contributed by atoms with Crippen LogP contribution in [-0.2, 0) is 60.7 Å². The molecule has 35 N–H and O–H groups in total. The number of nitrogens with one attached hydrogen (secondary N) is 5. The molecule has 0 aliphatic rings. The average molecular weight is 1410 g/mol. The largest absolute Gasteiger partial charge is 0.370 e. The summed E-state index contributed by atoms with van der Waals surface area (Å²) in [5, 5.41) is 21.4. The number of nitrogens with two attached hydrogens (primary N) is 14. The van der Waals surface area contributed by atoms with Crippen LogP contribution in [0.3, 0.4) is 0 Å². The zero-order valence-electron chi connectivity index (χ0n) is 56.3. The Kier molecular flexibility index (Phi) is 42.3. The van der Waals surface area contributed by atoms with Crippen molar-refractivity contribution in [3.63, 3.8) is 0 Å². The van der Waals surface area contributed by atoms with Crippen molar-refractivity contribution in [1.82, 2.24) is 41.6 Å². The Hall–Kier alpha value is -9.14. The van der Waals surface area contributed by atoms with Crippen LogP contribution in [0, 0.1) is 23.7 Å². The quantitative estimate of drug-likeness (QED) is 0.0125. The molecule has 41 heteroatoms. The summed E-state index contributed by atoms with van der Waals surface area (Å²) in [4.78, 5) is 170. The number of aliphatic imine (C=N–C) groups is 6. The van der Waals surface area contributed by atoms with Crippen molar-refractivity contribution in [1.29, 1.82) is 0 Å². The molecule has 9 atom stereocenters. The third kappa shape index (κ3) is 39.8. The lowest BCUT2D eigenvalue weighted by Gasteiger charge is -2.26. The molecule has 554 valence electrons. The molecule has 0 spiro atoms. The monoisotopic (exact) mass is 1410 g/mol. The first-order chi connectivity index (χ1) is 46.2. The highest BCUT2D eigenvalue weighted by Gasteiger charge is 2.35. The zero-order valence-corrected chi connectivity index (χ0v) is 57.2. The van der Waals surface area contributed by atoms with Gasteiger partial charge in [0.1, 0.15) is 0 Å². The highest BCUT2D eigenvalue weighted by Crippen LogP contribution is 2.34. The summed E-state index contributed by atoms with van der Waals surface area (Å²) in [6, 6.07) is -6.08. The fraction of sp³-hybridized carbons (Fsp3) is 0.702. The molecule has 0 unspecified atom stereocenters. The van der Waals surface area contributed by atoms with Crippen LogP contribution in [0.2, 0.25) is 0 Å². The second-order valence-corrected chi connectivity index (χ2v) is 25.5. The Labute approximate surface area is 570 Å².